The number of fused-ring (bicyclic) bond motifs is 1. The van der Waals surface area contributed by atoms with Crippen molar-refractivity contribution in [1.82, 2.24) is 9.97 Å². The van der Waals surface area contributed by atoms with Gasteiger partial charge in [-0.1, -0.05) is 6.92 Å². The van der Waals surface area contributed by atoms with E-state index in [-0.39, 0.29) is 0 Å². The molecule has 2 aromatic heterocycles. The summed E-state index contributed by atoms with van der Waals surface area (Å²) in [6.45, 7) is 2.11. The Hall–Kier alpha value is -0.810. The number of rotatable bonds is 4. The topological polar surface area (TPSA) is 37.8 Å². The Morgan fingerprint density at radius 2 is 2.32 bits per heavy atom. The van der Waals surface area contributed by atoms with E-state index in [0.717, 1.165) is 28.1 Å². The normalized spacial score (nSPS) is 23.1. The maximum atomic E-state index is 4.68. The summed E-state index contributed by atoms with van der Waals surface area (Å²) in [6.07, 6.45) is 6.92. The van der Waals surface area contributed by atoms with Crippen molar-refractivity contribution < 1.29 is 0 Å². The summed E-state index contributed by atoms with van der Waals surface area (Å²) in [5.41, 5.74) is 0. The number of hydrogen-bond donors (Lipinski definition) is 1. The van der Waals surface area contributed by atoms with Gasteiger partial charge in [0, 0.05) is 17.7 Å². The fraction of sp³-hybridized carbons (Fsp3) is 0.571. The van der Waals surface area contributed by atoms with Crippen LogP contribution in [0.4, 0.5) is 5.82 Å². The summed E-state index contributed by atoms with van der Waals surface area (Å²) >= 11 is 3.69. The first-order chi connectivity index (χ1) is 9.30. The van der Waals surface area contributed by atoms with E-state index in [1.54, 1.807) is 11.3 Å². The molecule has 2 aromatic rings. The van der Waals surface area contributed by atoms with Crippen LogP contribution in [0.25, 0.3) is 10.2 Å². The zero-order valence-electron chi connectivity index (χ0n) is 11.3. The van der Waals surface area contributed by atoms with E-state index in [4.69, 9.17) is 0 Å². The minimum absolute atomic E-state index is 0.570. The van der Waals surface area contributed by atoms with Crippen LogP contribution in [0.15, 0.2) is 11.4 Å². The van der Waals surface area contributed by atoms with E-state index in [1.807, 2.05) is 11.8 Å². The fourth-order valence-corrected chi connectivity index (χ4v) is 4.23. The Bertz CT molecular complexity index is 567. The Morgan fingerprint density at radius 3 is 3.05 bits per heavy atom. The second kappa shape index (κ2) is 5.67. The van der Waals surface area contributed by atoms with Crippen LogP contribution in [0.1, 0.15) is 32.0 Å². The van der Waals surface area contributed by atoms with Crippen LogP contribution in [0.3, 0.4) is 0 Å². The quantitative estimate of drug-likeness (QED) is 0.926. The van der Waals surface area contributed by atoms with Crippen molar-refractivity contribution in [2.45, 2.75) is 43.9 Å². The molecule has 3 rings (SSSR count). The molecule has 5 heteroatoms. The van der Waals surface area contributed by atoms with Crippen LogP contribution >= 0.6 is 23.1 Å². The summed E-state index contributed by atoms with van der Waals surface area (Å²) in [5.74, 6) is 1.98. The van der Waals surface area contributed by atoms with Crippen molar-refractivity contribution in [2.75, 3.05) is 11.6 Å². The molecule has 2 atom stereocenters. The smallest absolute Gasteiger partial charge is 0.138 e. The molecule has 0 saturated heterocycles. The third-order valence-corrected chi connectivity index (χ3v) is 5.65. The molecule has 1 N–H and O–H groups in total. The molecule has 2 heterocycles. The highest BCUT2D eigenvalue weighted by Crippen LogP contribution is 2.32. The standard InChI is InChI=1S/C14H19N3S2/c1-3-12-16-13(11-6-7-19-14(11)17-12)15-9-4-5-10(8-9)18-2/h6-7,9-10H,3-5,8H2,1-2H3,(H,15,16,17). The minimum Gasteiger partial charge on any atom is -0.367 e. The molecule has 0 aromatic carbocycles. The molecule has 1 saturated carbocycles. The first-order valence-electron chi connectivity index (χ1n) is 6.83. The number of aryl methyl sites for hydroxylation is 1. The Balaban J connectivity index is 1.85. The highest BCUT2D eigenvalue weighted by atomic mass is 32.2. The van der Waals surface area contributed by atoms with Gasteiger partial charge in [0.15, 0.2) is 0 Å². The molecule has 0 radical (unpaired) electrons. The number of nitrogens with zero attached hydrogens (tertiary/aromatic N) is 2. The largest absolute Gasteiger partial charge is 0.367 e. The molecule has 2 unspecified atom stereocenters. The van der Waals surface area contributed by atoms with Crippen molar-refractivity contribution in [3.8, 4) is 0 Å². The summed E-state index contributed by atoms with van der Waals surface area (Å²) in [5, 5.41) is 7.74. The Kier molecular flexibility index (Phi) is 3.93. The molecule has 19 heavy (non-hydrogen) atoms. The highest BCUT2D eigenvalue weighted by molar-refractivity contribution is 7.99. The van der Waals surface area contributed by atoms with E-state index in [1.165, 1.54) is 24.6 Å². The second-order valence-electron chi connectivity index (χ2n) is 4.99. The Morgan fingerprint density at radius 1 is 1.42 bits per heavy atom. The lowest BCUT2D eigenvalue weighted by molar-refractivity contribution is 0.751. The van der Waals surface area contributed by atoms with Crippen molar-refractivity contribution in [3.05, 3.63) is 17.3 Å². The number of anilines is 1. The van der Waals surface area contributed by atoms with Gasteiger partial charge in [-0.3, -0.25) is 0 Å². The SMILES string of the molecule is CCc1nc(NC2CCC(SC)C2)c2ccsc2n1. The average Bonchev–Trinajstić information content (AvgIpc) is 3.06. The number of thioether (sulfide) groups is 1. The summed E-state index contributed by atoms with van der Waals surface area (Å²) < 4.78 is 0. The van der Waals surface area contributed by atoms with Gasteiger partial charge in [0.2, 0.25) is 0 Å². The third-order valence-electron chi connectivity index (χ3n) is 3.75. The highest BCUT2D eigenvalue weighted by Gasteiger charge is 2.24. The molecule has 102 valence electrons. The van der Waals surface area contributed by atoms with Gasteiger partial charge in [-0.25, -0.2) is 9.97 Å². The number of hydrogen-bond acceptors (Lipinski definition) is 5. The number of aromatic nitrogens is 2. The molecule has 0 aliphatic heterocycles. The van der Waals surface area contributed by atoms with Crippen LogP contribution in [-0.4, -0.2) is 27.5 Å². The second-order valence-corrected chi connectivity index (χ2v) is 7.03. The van der Waals surface area contributed by atoms with E-state index >= 15 is 0 Å². The minimum atomic E-state index is 0.570. The van der Waals surface area contributed by atoms with Gasteiger partial charge in [-0.05, 0) is 37.0 Å². The summed E-state index contributed by atoms with van der Waals surface area (Å²) in [6, 6.07) is 2.70. The number of thiophene rings is 1. The van der Waals surface area contributed by atoms with Crippen molar-refractivity contribution in [3.63, 3.8) is 0 Å². The van der Waals surface area contributed by atoms with Gasteiger partial charge < -0.3 is 5.32 Å². The van der Waals surface area contributed by atoms with Gasteiger partial charge in [0.25, 0.3) is 0 Å². The van der Waals surface area contributed by atoms with Crippen molar-refractivity contribution in [2.24, 2.45) is 0 Å². The van der Waals surface area contributed by atoms with E-state index in [0.29, 0.717) is 6.04 Å². The van der Waals surface area contributed by atoms with Gasteiger partial charge in [-0.15, -0.1) is 11.3 Å². The van der Waals surface area contributed by atoms with E-state index < -0.39 is 0 Å². The summed E-state index contributed by atoms with van der Waals surface area (Å²) in [4.78, 5) is 10.4. The lowest BCUT2D eigenvalue weighted by atomic mass is 10.2. The maximum Gasteiger partial charge on any atom is 0.138 e. The first-order valence-corrected chi connectivity index (χ1v) is 9.00. The molecule has 1 fully saturated rings. The average molecular weight is 293 g/mol. The predicted molar refractivity (Wildman–Crippen MR) is 85.4 cm³/mol. The van der Waals surface area contributed by atoms with Crippen molar-refractivity contribution in [1.29, 1.82) is 0 Å². The lowest BCUT2D eigenvalue weighted by Gasteiger charge is -2.14. The van der Waals surface area contributed by atoms with Crippen LogP contribution < -0.4 is 5.32 Å². The van der Waals surface area contributed by atoms with Gasteiger partial charge in [0.1, 0.15) is 16.5 Å². The van der Waals surface area contributed by atoms with Crippen LogP contribution in [0, 0.1) is 0 Å². The molecule has 1 aliphatic rings. The lowest BCUT2D eigenvalue weighted by Crippen LogP contribution is -2.17. The predicted octanol–water partition coefficient (Wildman–Crippen LogP) is 3.95. The monoisotopic (exact) mass is 293 g/mol. The third kappa shape index (κ3) is 2.72. The van der Waals surface area contributed by atoms with E-state index in [2.05, 4.69) is 39.9 Å². The molecular weight excluding hydrogens is 274 g/mol. The maximum absolute atomic E-state index is 4.68. The van der Waals surface area contributed by atoms with E-state index in [9.17, 15) is 0 Å². The van der Waals surface area contributed by atoms with Crippen LogP contribution in [0.5, 0.6) is 0 Å². The van der Waals surface area contributed by atoms with Gasteiger partial charge >= 0.3 is 0 Å². The molecule has 0 spiro atoms. The Labute approximate surface area is 122 Å². The molecule has 0 bridgehead atoms. The molecule has 1 aliphatic carbocycles. The first kappa shape index (κ1) is 13.2. The van der Waals surface area contributed by atoms with Gasteiger partial charge in [-0.2, -0.15) is 11.8 Å². The molecule has 3 nitrogen and oxygen atoms in total. The van der Waals surface area contributed by atoms with Crippen molar-refractivity contribution >= 4 is 39.1 Å². The fourth-order valence-electron chi connectivity index (χ4n) is 2.65. The zero-order chi connectivity index (χ0) is 13.2. The zero-order valence-corrected chi connectivity index (χ0v) is 13.0. The summed E-state index contributed by atoms with van der Waals surface area (Å²) in [7, 11) is 0. The van der Waals surface area contributed by atoms with Crippen LogP contribution in [0.2, 0.25) is 0 Å². The van der Waals surface area contributed by atoms with Gasteiger partial charge in [0.05, 0.1) is 5.39 Å². The molecular formula is C14H19N3S2. The van der Waals surface area contributed by atoms with Crippen LogP contribution in [-0.2, 0) is 6.42 Å². The number of nitrogens with one attached hydrogen (secondary N) is 1. The molecule has 0 amide bonds.